The number of pyridine rings is 1. The third-order valence-corrected chi connectivity index (χ3v) is 9.49. The van der Waals surface area contributed by atoms with Gasteiger partial charge in [0.2, 0.25) is 0 Å². The van der Waals surface area contributed by atoms with Crippen molar-refractivity contribution in [2.24, 2.45) is 11.8 Å². The van der Waals surface area contributed by atoms with Gasteiger partial charge in [0.05, 0.1) is 17.8 Å². The van der Waals surface area contributed by atoms with Gasteiger partial charge in [-0.1, -0.05) is 42.5 Å². The summed E-state index contributed by atoms with van der Waals surface area (Å²) in [6.45, 7) is 0. The van der Waals surface area contributed by atoms with Gasteiger partial charge in [-0.3, -0.25) is 0 Å². The van der Waals surface area contributed by atoms with Gasteiger partial charge in [0.25, 0.3) is 0 Å². The lowest BCUT2D eigenvalue weighted by molar-refractivity contribution is 0.00402. The normalized spacial score (nSPS) is 25.1. The van der Waals surface area contributed by atoms with Gasteiger partial charge in [-0.25, -0.2) is 9.37 Å². The van der Waals surface area contributed by atoms with Crippen LogP contribution < -0.4 is 0 Å². The van der Waals surface area contributed by atoms with E-state index >= 15 is 4.39 Å². The Morgan fingerprint density at radius 1 is 0.946 bits per heavy atom. The molecule has 1 fully saturated rings. The minimum atomic E-state index is -1.07. The highest BCUT2D eigenvalue weighted by Gasteiger charge is 2.38. The molecule has 0 spiro atoms. The lowest BCUT2D eigenvalue weighted by Crippen LogP contribution is -2.29. The third-order valence-electron chi connectivity index (χ3n) is 8.80. The molecule has 0 bridgehead atoms. The minimum Gasteiger partial charge on any atom is -0.390 e. The summed E-state index contributed by atoms with van der Waals surface area (Å²) >= 11 is 1.36. The van der Waals surface area contributed by atoms with Crippen molar-refractivity contribution in [1.29, 1.82) is 0 Å². The van der Waals surface area contributed by atoms with Gasteiger partial charge >= 0.3 is 0 Å². The Bertz CT molecular complexity index is 1770. The first-order valence-electron chi connectivity index (χ1n) is 13.0. The zero-order valence-electron chi connectivity index (χ0n) is 20.1. The number of nitrogens with zero attached hydrogens (tertiary/aromatic N) is 2. The van der Waals surface area contributed by atoms with E-state index in [1.807, 2.05) is 30.5 Å². The SMILES string of the molecule is OC1CC(c2c3ccccc3nc3sncc23)c2ccc3c4c(c(F)cc3c2C1O)C=CC(C1CC1)C4. The third kappa shape index (κ3) is 3.19. The fourth-order valence-electron chi connectivity index (χ4n) is 6.86. The van der Waals surface area contributed by atoms with Gasteiger partial charge in [-0.15, -0.1) is 0 Å². The Kier molecular flexibility index (Phi) is 4.67. The van der Waals surface area contributed by atoms with E-state index in [4.69, 9.17) is 4.98 Å². The Morgan fingerprint density at radius 2 is 1.81 bits per heavy atom. The fourth-order valence-corrected chi connectivity index (χ4v) is 7.52. The number of aliphatic hydroxyl groups is 2. The Labute approximate surface area is 217 Å². The number of hydrogen-bond donors (Lipinski definition) is 2. The molecule has 0 saturated heterocycles. The average Bonchev–Trinajstić information content (AvgIpc) is 3.66. The highest BCUT2D eigenvalue weighted by Crippen LogP contribution is 2.50. The van der Waals surface area contributed by atoms with E-state index in [2.05, 4.69) is 28.6 Å². The van der Waals surface area contributed by atoms with Crippen LogP contribution in [-0.2, 0) is 6.42 Å². The summed E-state index contributed by atoms with van der Waals surface area (Å²) in [5.74, 6) is 0.699. The average molecular weight is 509 g/mol. The predicted molar refractivity (Wildman–Crippen MR) is 145 cm³/mol. The van der Waals surface area contributed by atoms with Crippen molar-refractivity contribution in [3.05, 3.63) is 88.4 Å². The molecule has 2 aromatic heterocycles. The zero-order valence-corrected chi connectivity index (χ0v) is 20.9. The maximum Gasteiger partial charge on any atom is 0.144 e. The smallest absolute Gasteiger partial charge is 0.144 e. The molecule has 3 aliphatic carbocycles. The molecule has 0 aliphatic heterocycles. The number of para-hydroxylation sites is 1. The summed E-state index contributed by atoms with van der Waals surface area (Å²) in [7, 11) is 0. The molecule has 5 aromatic rings. The monoisotopic (exact) mass is 508 g/mol. The van der Waals surface area contributed by atoms with Crippen LogP contribution in [0.5, 0.6) is 0 Å². The molecule has 4 nitrogen and oxygen atoms in total. The van der Waals surface area contributed by atoms with E-state index < -0.39 is 12.2 Å². The van der Waals surface area contributed by atoms with Crippen molar-refractivity contribution >= 4 is 49.5 Å². The fraction of sp³-hybridized carbons (Fsp3) is 0.290. The number of halogens is 1. The zero-order chi connectivity index (χ0) is 24.8. The number of fused-ring (bicyclic) bond motifs is 7. The van der Waals surface area contributed by atoms with Crippen LogP contribution in [0.2, 0.25) is 0 Å². The molecule has 3 aromatic carbocycles. The summed E-state index contributed by atoms with van der Waals surface area (Å²) < 4.78 is 19.9. The molecule has 37 heavy (non-hydrogen) atoms. The van der Waals surface area contributed by atoms with E-state index in [0.29, 0.717) is 34.8 Å². The first kappa shape index (κ1) is 21.9. The van der Waals surface area contributed by atoms with Crippen LogP contribution in [0.15, 0.2) is 54.7 Å². The van der Waals surface area contributed by atoms with Gasteiger partial charge in [-0.2, -0.15) is 4.37 Å². The summed E-state index contributed by atoms with van der Waals surface area (Å²) in [4.78, 5) is 5.66. The van der Waals surface area contributed by atoms with Gasteiger partial charge in [0.1, 0.15) is 16.8 Å². The molecule has 0 amide bonds. The largest absolute Gasteiger partial charge is 0.390 e. The van der Waals surface area contributed by atoms with Crippen LogP contribution in [0.3, 0.4) is 0 Å². The second-order valence-corrected chi connectivity index (χ2v) is 11.6. The molecule has 0 radical (unpaired) electrons. The maximum absolute atomic E-state index is 15.5. The van der Waals surface area contributed by atoms with Crippen molar-refractivity contribution in [2.75, 3.05) is 0 Å². The van der Waals surface area contributed by atoms with Crippen LogP contribution >= 0.6 is 11.5 Å². The number of aliphatic hydroxyl groups excluding tert-OH is 2. The van der Waals surface area contributed by atoms with E-state index in [9.17, 15) is 10.2 Å². The Morgan fingerprint density at radius 3 is 2.68 bits per heavy atom. The quantitative estimate of drug-likeness (QED) is 0.280. The highest BCUT2D eigenvalue weighted by atomic mass is 32.1. The first-order valence-corrected chi connectivity index (χ1v) is 13.8. The predicted octanol–water partition coefficient (Wildman–Crippen LogP) is 6.66. The van der Waals surface area contributed by atoms with Gasteiger partial charge in [0, 0.05) is 22.3 Å². The van der Waals surface area contributed by atoms with Crippen LogP contribution in [0.1, 0.15) is 59.1 Å². The highest BCUT2D eigenvalue weighted by molar-refractivity contribution is 7.12. The Balaban J connectivity index is 1.40. The molecule has 8 rings (SSSR count). The van der Waals surface area contributed by atoms with Crippen LogP contribution in [0.25, 0.3) is 38.0 Å². The van der Waals surface area contributed by atoms with Crippen molar-refractivity contribution in [3.63, 3.8) is 0 Å². The number of aromatic nitrogens is 2. The van der Waals surface area contributed by atoms with Gasteiger partial charge < -0.3 is 10.2 Å². The Hall–Kier alpha value is -3.19. The molecule has 2 heterocycles. The van der Waals surface area contributed by atoms with Crippen molar-refractivity contribution < 1.29 is 14.6 Å². The standard InChI is InChI=1S/C31H25FN2O2S/c32-25-12-22-17(21-11-16(15-5-6-15)7-8-18(21)25)9-10-19-23(13-27(35)30(36)29(19)22)28-20-3-1-2-4-26(20)34-31-24(28)14-33-37-31/h1-4,7-10,12,14-16,23,27,30,35-36H,5-6,11,13H2. The first-order chi connectivity index (χ1) is 18.1. The van der Waals surface area contributed by atoms with Crippen LogP contribution in [0, 0.1) is 17.7 Å². The van der Waals surface area contributed by atoms with Crippen molar-refractivity contribution in [3.8, 4) is 0 Å². The molecule has 4 unspecified atom stereocenters. The molecular weight excluding hydrogens is 483 g/mol. The van der Waals surface area contributed by atoms with Crippen LogP contribution in [-0.4, -0.2) is 25.7 Å². The van der Waals surface area contributed by atoms with E-state index in [-0.39, 0.29) is 11.7 Å². The number of rotatable bonds is 2. The molecule has 184 valence electrons. The van der Waals surface area contributed by atoms with E-state index in [1.165, 1.54) is 24.4 Å². The second kappa shape index (κ2) is 7.90. The summed E-state index contributed by atoms with van der Waals surface area (Å²) in [6, 6.07) is 13.8. The lowest BCUT2D eigenvalue weighted by atomic mass is 9.72. The second-order valence-electron chi connectivity index (χ2n) is 10.9. The molecule has 3 aliphatic rings. The van der Waals surface area contributed by atoms with Crippen LogP contribution in [0.4, 0.5) is 4.39 Å². The molecule has 6 heteroatoms. The van der Waals surface area contributed by atoms with Crippen molar-refractivity contribution in [2.45, 2.75) is 43.8 Å². The summed E-state index contributed by atoms with van der Waals surface area (Å²) in [6.07, 6.45) is 7.62. The number of benzene rings is 3. The topological polar surface area (TPSA) is 66.2 Å². The molecular formula is C31H25FN2O2S. The lowest BCUT2D eigenvalue weighted by Gasteiger charge is -2.35. The number of hydrogen-bond acceptors (Lipinski definition) is 5. The summed E-state index contributed by atoms with van der Waals surface area (Å²) in [5, 5.41) is 26.2. The van der Waals surface area contributed by atoms with Gasteiger partial charge in [0.15, 0.2) is 0 Å². The van der Waals surface area contributed by atoms with Gasteiger partial charge in [-0.05, 0) is 94.2 Å². The molecule has 4 atom stereocenters. The summed E-state index contributed by atoms with van der Waals surface area (Å²) in [5.41, 5.74) is 5.24. The number of allylic oxidation sites excluding steroid dienone is 1. The van der Waals surface area contributed by atoms with Crippen molar-refractivity contribution in [1.82, 2.24) is 9.36 Å². The minimum absolute atomic E-state index is 0.178. The van der Waals surface area contributed by atoms with E-state index in [0.717, 1.165) is 49.6 Å². The molecule has 1 saturated carbocycles. The van der Waals surface area contributed by atoms with E-state index in [1.54, 1.807) is 6.07 Å². The molecule has 2 N–H and O–H groups in total. The maximum atomic E-state index is 15.5.